The summed E-state index contributed by atoms with van der Waals surface area (Å²) < 4.78 is 0. The summed E-state index contributed by atoms with van der Waals surface area (Å²) in [5.74, 6) is 0. The zero-order valence-electron chi connectivity index (χ0n) is 11.1. The Morgan fingerprint density at radius 1 is 1.25 bits per heavy atom. The van der Waals surface area contributed by atoms with E-state index in [1.54, 1.807) is 17.5 Å². The molecule has 2 aromatic heterocycles. The molecule has 0 saturated carbocycles. The third kappa shape index (κ3) is 2.33. The van der Waals surface area contributed by atoms with E-state index in [-0.39, 0.29) is 6.04 Å². The van der Waals surface area contributed by atoms with Gasteiger partial charge < -0.3 is 5.73 Å². The van der Waals surface area contributed by atoms with Gasteiger partial charge in [-0.1, -0.05) is 18.5 Å². The molecule has 1 unspecified atom stereocenters. The summed E-state index contributed by atoms with van der Waals surface area (Å²) in [5.41, 5.74) is 8.15. The number of fused-ring (bicyclic) bond motifs is 1. The van der Waals surface area contributed by atoms with E-state index >= 15 is 0 Å². The zero-order valence-corrected chi connectivity index (χ0v) is 12.7. The first-order chi connectivity index (χ1) is 9.70. The first-order valence-electron chi connectivity index (χ1n) is 6.59. The van der Waals surface area contributed by atoms with Crippen molar-refractivity contribution in [1.82, 2.24) is 4.98 Å². The summed E-state index contributed by atoms with van der Waals surface area (Å²) in [5, 5.41) is 1.72. The highest BCUT2D eigenvalue weighted by Crippen LogP contribution is 2.36. The topological polar surface area (TPSA) is 38.9 Å². The Bertz CT molecular complexity index is 751. The van der Waals surface area contributed by atoms with Crippen LogP contribution in [0.15, 0.2) is 42.6 Å². The molecule has 0 spiro atoms. The van der Waals surface area contributed by atoms with Gasteiger partial charge in [-0.15, -0.1) is 11.3 Å². The van der Waals surface area contributed by atoms with Crippen LogP contribution in [-0.2, 0) is 0 Å². The summed E-state index contributed by atoms with van der Waals surface area (Å²) in [6, 6.07) is 12.2. The molecule has 1 atom stereocenters. The van der Waals surface area contributed by atoms with Gasteiger partial charge in [-0.05, 0) is 42.8 Å². The quantitative estimate of drug-likeness (QED) is 0.737. The molecule has 0 fully saturated rings. The average molecular weight is 303 g/mol. The van der Waals surface area contributed by atoms with E-state index in [4.69, 9.17) is 17.3 Å². The number of nitrogens with two attached hydrogens (primary N) is 1. The second-order valence-corrected chi connectivity index (χ2v) is 6.23. The minimum atomic E-state index is 0.111. The lowest BCUT2D eigenvalue weighted by Crippen LogP contribution is -2.05. The summed E-state index contributed by atoms with van der Waals surface area (Å²) in [4.78, 5) is 6.88. The molecular formula is C16H15ClN2S. The normalized spacial score (nSPS) is 12.8. The SMILES string of the molecule is CCC(N)c1ccc(-c2ccc(Cl)c3cccnc23)s1. The Balaban J connectivity index is 2.15. The average Bonchev–Trinajstić information content (AvgIpc) is 2.97. The zero-order chi connectivity index (χ0) is 14.1. The van der Waals surface area contributed by atoms with Crippen molar-refractivity contribution < 1.29 is 0 Å². The molecule has 102 valence electrons. The molecule has 0 saturated heterocycles. The van der Waals surface area contributed by atoms with Gasteiger partial charge in [0, 0.05) is 32.9 Å². The molecule has 0 aliphatic rings. The molecule has 1 aromatic carbocycles. The van der Waals surface area contributed by atoms with Crippen LogP contribution in [0.5, 0.6) is 0 Å². The number of pyridine rings is 1. The Morgan fingerprint density at radius 3 is 2.90 bits per heavy atom. The number of thiophene rings is 1. The van der Waals surface area contributed by atoms with Gasteiger partial charge in [-0.25, -0.2) is 0 Å². The van der Waals surface area contributed by atoms with E-state index in [1.165, 1.54) is 9.75 Å². The Morgan fingerprint density at radius 2 is 2.10 bits per heavy atom. The minimum Gasteiger partial charge on any atom is -0.323 e. The summed E-state index contributed by atoms with van der Waals surface area (Å²) >= 11 is 7.97. The van der Waals surface area contributed by atoms with Crippen LogP contribution in [0.25, 0.3) is 21.3 Å². The van der Waals surface area contributed by atoms with Crippen molar-refractivity contribution in [2.75, 3.05) is 0 Å². The molecule has 0 aliphatic heterocycles. The van der Waals surface area contributed by atoms with Gasteiger partial charge in [0.25, 0.3) is 0 Å². The molecular weight excluding hydrogens is 288 g/mol. The minimum absolute atomic E-state index is 0.111. The number of nitrogens with zero attached hydrogens (tertiary/aromatic N) is 1. The Hall–Kier alpha value is -1.42. The maximum absolute atomic E-state index is 6.24. The Kier molecular flexibility index (Phi) is 3.74. The fourth-order valence-electron chi connectivity index (χ4n) is 2.23. The van der Waals surface area contributed by atoms with E-state index < -0.39 is 0 Å². The largest absolute Gasteiger partial charge is 0.323 e. The number of hydrogen-bond acceptors (Lipinski definition) is 3. The number of halogens is 1. The van der Waals surface area contributed by atoms with Crippen LogP contribution in [0.4, 0.5) is 0 Å². The lowest BCUT2D eigenvalue weighted by atomic mass is 10.1. The fraction of sp³-hybridized carbons (Fsp3) is 0.188. The molecule has 3 aromatic rings. The van der Waals surface area contributed by atoms with Crippen LogP contribution in [0.1, 0.15) is 24.3 Å². The van der Waals surface area contributed by atoms with Gasteiger partial charge in [-0.2, -0.15) is 0 Å². The van der Waals surface area contributed by atoms with Crippen LogP contribution < -0.4 is 5.73 Å². The highest BCUT2D eigenvalue weighted by molar-refractivity contribution is 7.15. The fourth-order valence-corrected chi connectivity index (χ4v) is 3.57. The van der Waals surface area contributed by atoms with E-state index in [0.717, 1.165) is 27.9 Å². The predicted molar refractivity (Wildman–Crippen MR) is 87.3 cm³/mol. The van der Waals surface area contributed by atoms with Gasteiger partial charge in [0.05, 0.1) is 10.5 Å². The molecule has 2 heterocycles. The van der Waals surface area contributed by atoms with Crippen LogP contribution in [0.3, 0.4) is 0 Å². The van der Waals surface area contributed by atoms with E-state index in [9.17, 15) is 0 Å². The third-order valence-corrected chi connectivity index (χ3v) is 4.99. The van der Waals surface area contributed by atoms with Crippen LogP contribution >= 0.6 is 22.9 Å². The van der Waals surface area contributed by atoms with Gasteiger partial charge in [0.15, 0.2) is 0 Å². The molecule has 2 N–H and O–H groups in total. The molecule has 20 heavy (non-hydrogen) atoms. The first-order valence-corrected chi connectivity index (χ1v) is 7.79. The standard InChI is InChI=1S/C16H15ClN2S/c1-2-13(18)15-8-7-14(20-15)11-5-6-12(17)10-4-3-9-19-16(10)11/h3-9,13H,2,18H2,1H3. The highest BCUT2D eigenvalue weighted by atomic mass is 35.5. The van der Waals surface area contributed by atoms with Crippen molar-refractivity contribution in [3.63, 3.8) is 0 Å². The van der Waals surface area contributed by atoms with Gasteiger partial charge in [-0.3, -0.25) is 4.98 Å². The molecule has 2 nitrogen and oxygen atoms in total. The Labute approximate surface area is 127 Å². The van der Waals surface area contributed by atoms with Crippen molar-refractivity contribution in [1.29, 1.82) is 0 Å². The van der Waals surface area contributed by atoms with E-state index in [0.29, 0.717) is 0 Å². The molecule has 3 rings (SSSR count). The van der Waals surface area contributed by atoms with Crippen LogP contribution in [0.2, 0.25) is 5.02 Å². The van der Waals surface area contributed by atoms with Gasteiger partial charge in [0.2, 0.25) is 0 Å². The highest BCUT2D eigenvalue weighted by Gasteiger charge is 2.12. The molecule has 0 bridgehead atoms. The third-order valence-electron chi connectivity index (χ3n) is 3.41. The monoisotopic (exact) mass is 302 g/mol. The second-order valence-electron chi connectivity index (χ2n) is 4.71. The molecule has 0 aliphatic carbocycles. The van der Waals surface area contributed by atoms with Crippen molar-refractivity contribution >= 4 is 33.8 Å². The number of rotatable bonds is 3. The second kappa shape index (κ2) is 5.52. The lowest BCUT2D eigenvalue weighted by molar-refractivity contribution is 0.712. The van der Waals surface area contributed by atoms with Gasteiger partial charge in [0.1, 0.15) is 0 Å². The molecule has 0 radical (unpaired) electrons. The summed E-state index contributed by atoms with van der Waals surface area (Å²) in [6.07, 6.45) is 2.74. The molecule has 0 amide bonds. The van der Waals surface area contributed by atoms with Gasteiger partial charge >= 0.3 is 0 Å². The first kappa shape index (κ1) is 13.6. The predicted octanol–water partition coefficient (Wildman–Crippen LogP) is 5.03. The number of aromatic nitrogens is 1. The maximum Gasteiger partial charge on any atom is 0.0803 e. The summed E-state index contributed by atoms with van der Waals surface area (Å²) in [6.45, 7) is 2.10. The van der Waals surface area contributed by atoms with Crippen molar-refractivity contribution in [3.8, 4) is 10.4 Å². The summed E-state index contributed by atoms with van der Waals surface area (Å²) in [7, 11) is 0. The van der Waals surface area contributed by atoms with E-state index in [1.807, 2.05) is 24.3 Å². The van der Waals surface area contributed by atoms with Crippen molar-refractivity contribution in [2.24, 2.45) is 5.73 Å². The van der Waals surface area contributed by atoms with Crippen molar-refractivity contribution in [2.45, 2.75) is 19.4 Å². The lowest BCUT2D eigenvalue weighted by Gasteiger charge is -2.06. The number of hydrogen-bond donors (Lipinski definition) is 1. The smallest absolute Gasteiger partial charge is 0.0803 e. The number of benzene rings is 1. The van der Waals surface area contributed by atoms with Crippen LogP contribution in [-0.4, -0.2) is 4.98 Å². The van der Waals surface area contributed by atoms with E-state index in [2.05, 4.69) is 24.0 Å². The van der Waals surface area contributed by atoms with Crippen LogP contribution in [0, 0.1) is 0 Å². The maximum atomic E-state index is 6.24. The molecule has 4 heteroatoms. The van der Waals surface area contributed by atoms with Crippen molar-refractivity contribution in [3.05, 3.63) is 52.5 Å².